The standard InChI is InChI=1S/C21H27ClN2O5S/c1-3-28-20-8-5-4-7-19(20)24(30(2,26)27)15-6-9-21(25)23-14-16-29-18-12-10-17(22)11-13-18/h4-5,7-8,10-13H,3,6,9,14-16H2,1-2H3,(H,23,25). The molecule has 2 aromatic carbocycles. The minimum Gasteiger partial charge on any atom is -0.492 e. The first kappa shape index (κ1) is 23.8. The third-order valence-corrected chi connectivity index (χ3v) is 5.54. The number of carbonyl (C=O) groups is 1. The van der Waals surface area contributed by atoms with Crippen molar-refractivity contribution < 1.29 is 22.7 Å². The van der Waals surface area contributed by atoms with Crippen LogP contribution in [0.5, 0.6) is 11.5 Å². The van der Waals surface area contributed by atoms with Crippen LogP contribution in [0, 0.1) is 0 Å². The summed E-state index contributed by atoms with van der Waals surface area (Å²) in [7, 11) is -3.52. The van der Waals surface area contributed by atoms with Crippen LogP contribution in [0.15, 0.2) is 48.5 Å². The van der Waals surface area contributed by atoms with Crippen molar-refractivity contribution >= 4 is 33.2 Å². The second-order valence-corrected chi connectivity index (χ2v) is 8.84. The molecule has 0 heterocycles. The second kappa shape index (κ2) is 11.7. The van der Waals surface area contributed by atoms with Gasteiger partial charge in [-0.1, -0.05) is 23.7 Å². The van der Waals surface area contributed by atoms with E-state index in [2.05, 4.69) is 5.32 Å². The van der Waals surface area contributed by atoms with Gasteiger partial charge in [0.25, 0.3) is 0 Å². The Morgan fingerprint density at radius 2 is 1.80 bits per heavy atom. The highest BCUT2D eigenvalue weighted by molar-refractivity contribution is 7.92. The molecular weight excluding hydrogens is 428 g/mol. The molecule has 1 N–H and O–H groups in total. The van der Waals surface area contributed by atoms with Gasteiger partial charge in [0.2, 0.25) is 15.9 Å². The molecule has 0 aliphatic carbocycles. The summed E-state index contributed by atoms with van der Waals surface area (Å²) in [4.78, 5) is 12.1. The summed E-state index contributed by atoms with van der Waals surface area (Å²) >= 11 is 5.82. The molecule has 0 saturated carbocycles. The van der Waals surface area contributed by atoms with Crippen LogP contribution in [-0.4, -0.2) is 46.9 Å². The highest BCUT2D eigenvalue weighted by Gasteiger charge is 2.21. The number of hydrogen-bond donors (Lipinski definition) is 1. The highest BCUT2D eigenvalue weighted by Crippen LogP contribution is 2.30. The zero-order valence-corrected chi connectivity index (χ0v) is 18.7. The molecule has 0 radical (unpaired) electrons. The van der Waals surface area contributed by atoms with Crippen LogP contribution in [0.2, 0.25) is 5.02 Å². The molecule has 0 aliphatic heterocycles. The Hall–Kier alpha value is -2.45. The normalized spacial score (nSPS) is 11.0. The third-order valence-electron chi connectivity index (χ3n) is 4.11. The van der Waals surface area contributed by atoms with Gasteiger partial charge in [-0.05, 0) is 49.7 Å². The zero-order chi connectivity index (χ0) is 22.0. The van der Waals surface area contributed by atoms with Crippen LogP contribution < -0.4 is 19.1 Å². The molecular formula is C21H27ClN2O5S. The smallest absolute Gasteiger partial charge is 0.232 e. The van der Waals surface area contributed by atoms with Gasteiger partial charge in [-0.2, -0.15) is 0 Å². The monoisotopic (exact) mass is 454 g/mol. The van der Waals surface area contributed by atoms with Crippen LogP contribution in [0.4, 0.5) is 5.69 Å². The Balaban J connectivity index is 1.81. The molecule has 164 valence electrons. The second-order valence-electron chi connectivity index (χ2n) is 6.49. The summed E-state index contributed by atoms with van der Waals surface area (Å²) in [6, 6.07) is 13.9. The Morgan fingerprint density at radius 3 is 2.47 bits per heavy atom. The number of nitrogens with one attached hydrogen (secondary N) is 1. The van der Waals surface area contributed by atoms with Crippen molar-refractivity contribution in [3.8, 4) is 11.5 Å². The van der Waals surface area contributed by atoms with E-state index in [1.807, 2.05) is 6.92 Å². The predicted molar refractivity (Wildman–Crippen MR) is 119 cm³/mol. The van der Waals surface area contributed by atoms with Gasteiger partial charge in [0.1, 0.15) is 18.1 Å². The van der Waals surface area contributed by atoms with E-state index in [0.29, 0.717) is 48.4 Å². The fraction of sp³-hybridized carbons (Fsp3) is 0.381. The molecule has 0 aromatic heterocycles. The van der Waals surface area contributed by atoms with Crippen LogP contribution in [-0.2, 0) is 14.8 Å². The highest BCUT2D eigenvalue weighted by atomic mass is 35.5. The van der Waals surface area contributed by atoms with Gasteiger partial charge in [0.05, 0.1) is 25.1 Å². The van der Waals surface area contributed by atoms with Crippen molar-refractivity contribution in [3.63, 3.8) is 0 Å². The molecule has 1 amide bonds. The molecule has 0 fully saturated rings. The summed E-state index contributed by atoms with van der Waals surface area (Å²) < 4.78 is 36.9. The maximum Gasteiger partial charge on any atom is 0.232 e. The zero-order valence-electron chi connectivity index (χ0n) is 17.1. The lowest BCUT2D eigenvalue weighted by Gasteiger charge is -2.24. The van der Waals surface area contributed by atoms with Gasteiger partial charge >= 0.3 is 0 Å². The number of amides is 1. The molecule has 0 atom stereocenters. The lowest BCUT2D eigenvalue weighted by Crippen LogP contribution is -2.33. The minimum atomic E-state index is -3.52. The van der Waals surface area contributed by atoms with E-state index >= 15 is 0 Å². The minimum absolute atomic E-state index is 0.166. The average Bonchev–Trinajstić information content (AvgIpc) is 2.70. The number of nitrogens with zero attached hydrogens (tertiary/aromatic N) is 1. The van der Waals surface area contributed by atoms with E-state index in [1.165, 1.54) is 4.31 Å². The molecule has 2 rings (SSSR count). The Kier molecular flexibility index (Phi) is 9.26. The lowest BCUT2D eigenvalue weighted by molar-refractivity contribution is -0.121. The molecule has 2 aromatic rings. The topological polar surface area (TPSA) is 84.9 Å². The molecule has 30 heavy (non-hydrogen) atoms. The molecule has 7 nitrogen and oxygen atoms in total. The maximum absolute atomic E-state index is 12.3. The van der Waals surface area contributed by atoms with Gasteiger partial charge in [-0.15, -0.1) is 0 Å². The number of benzene rings is 2. The fourth-order valence-corrected chi connectivity index (χ4v) is 3.86. The van der Waals surface area contributed by atoms with Crippen molar-refractivity contribution in [1.29, 1.82) is 0 Å². The molecule has 0 aliphatic rings. The number of hydrogen-bond acceptors (Lipinski definition) is 5. The number of para-hydroxylation sites is 2. The number of ether oxygens (including phenoxy) is 2. The van der Waals surface area contributed by atoms with Crippen molar-refractivity contribution in [2.45, 2.75) is 19.8 Å². The molecule has 0 bridgehead atoms. The quantitative estimate of drug-likeness (QED) is 0.496. The predicted octanol–water partition coefficient (Wildman–Crippen LogP) is 3.48. The summed E-state index contributed by atoms with van der Waals surface area (Å²) in [5, 5.41) is 3.39. The summed E-state index contributed by atoms with van der Waals surface area (Å²) in [6.07, 6.45) is 1.71. The fourth-order valence-electron chi connectivity index (χ4n) is 2.77. The number of rotatable bonds is 12. The van der Waals surface area contributed by atoms with Crippen LogP contribution in [0.25, 0.3) is 0 Å². The van der Waals surface area contributed by atoms with Gasteiger partial charge in [0.15, 0.2) is 0 Å². The summed E-state index contributed by atoms with van der Waals surface area (Å²) in [5.41, 5.74) is 0.471. The van der Waals surface area contributed by atoms with Gasteiger partial charge in [0, 0.05) is 18.0 Å². The Labute approximate surface area is 183 Å². The van der Waals surface area contributed by atoms with E-state index in [9.17, 15) is 13.2 Å². The maximum atomic E-state index is 12.3. The van der Waals surface area contributed by atoms with Crippen LogP contribution >= 0.6 is 11.6 Å². The van der Waals surface area contributed by atoms with Crippen molar-refractivity contribution in [3.05, 3.63) is 53.6 Å². The number of anilines is 1. The van der Waals surface area contributed by atoms with E-state index in [0.717, 1.165) is 6.26 Å². The van der Waals surface area contributed by atoms with Gasteiger partial charge in [-0.3, -0.25) is 9.10 Å². The average molecular weight is 455 g/mol. The van der Waals surface area contributed by atoms with Crippen molar-refractivity contribution in [1.82, 2.24) is 5.32 Å². The first-order valence-corrected chi connectivity index (χ1v) is 11.9. The largest absolute Gasteiger partial charge is 0.492 e. The first-order valence-electron chi connectivity index (χ1n) is 9.66. The summed E-state index contributed by atoms with van der Waals surface area (Å²) in [6.45, 7) is 3.12. The van der Waals surface area contributed by atoms with Gasteiger partial charge in [-0.25, -0.2) is 8.42 Å². The Morgan fingerprint density at radius 1 is 1.10 bits per heavy atom. The van der Waals surface area contributed by atoms with E-state index in [4.69, 9.17) is 21.1 Å². The molecule has 9 heteroatoms. The number of halogens is 1. The van der Waals surface area contributed by atoms with E-state index < -0.39 is 10.0 Å². The Bertz CT molecular complexity index is 919. The van der Waals surface area contributed by atoms with Crippen molar-refractivity contribution in [2.24, 2.45) is 0 Å². The SMILES string of the molecule is CCOc1ccccc1N(CCCC(=O)NCCOc1ccc(Cl)cc1)S(C)(=O)=O. The number of sulfonamides is 1. The number of carbonyl (C=O) groups excluding carboxylic acids is 1. The molecule has 0 saturated heterocycles. The van der Waals surface area contributed by atoms with E-state index in [1.54, 1.807) is 48.5 Å². The van der Waals surface area contributed by atoms with Crippen molar-refractivity contribution in [2.75, 3.05) is 36.9 Å². The first-order chi connectivity index (χ1) is 14.3. The molecule has 0 spiro atoms. The summed E-state index contributed by atoms with van der Waals surface area (Å²) in [5.74, 6) is 1.00. The van der Waals surface area contributed by atoms with E-state index in [-0.39, 0.29) is 18.9 Å². The van der Waals surface area contributed by atoms with Crippen LogP contribution in [0.3, 0.4) is 0 Å². The lowest BCUT2D eigenvalue weighted by atomic mass is 10.2. The molecule has 0 unspecified atom stereocenters. The van der Waals surface area contributed by atoms with Crippen LogP contribution in [0.1, 0.15) is 19.8 Å². The van der Waals surface area contributed by atoms with Gasteiger partial charge < -0.3 is 14.8 Å². The third kappa shape index (κ3) is 7.76.